The molecular weight excluding hydrogens is 298 g/mol. The van der Waals surface area contributed by atoms with E-state index in [1.807, 2.05) is 6.92 Å². The highest BCUT2D eigenvalue weighted by Crippen LogP contribution is 2.40. The fraction of sp³-hybridized carbons (Fsp3) is 0.562. The molecule has 1 atom stereocenters. The fourth-order valence-electron chi connectivity index (χ4n) is 2.89. The van der Waals surface area contributed by atoms with Crippen molar-refractivity contribution in [2.75, 3.05) is 5.32 Å². The van der Waals surface area contributed by atoms with Crippen molar-refractivity contribution in [3.63, 3.8) is 0 Å². The van der Waals surface area contributed by atoms with Gasteiger partial charge in [0.15, 0.2) is 0 Å². The number of aromatic nitrogens is 2. The quantitative estimate of drug-likeness (QED) is 0.907. The van der Waals surface area contributed by atoms with Crippen LogP contribution in [0.4, 0.5) is 5.82 Å². The molecule has 118 valence electrons. The molecule has 3 rings (SSSR count). The van der Waals surface area contributed by atoms with Gasteiger partial charge in [-0.25, -0.2) is 14.8 Å². The Bertz CT molecular complexity index is 751. The van der Waals surface area contributed by atoms with Gasteiger partial charge in [0, 0.05) is 4.88 Å². The van der Waals surface area contributed by atoms with Crippen molar-refractivity contribution >= 4 is 33.3 Å². The molecule has 0 saturated carbocycles. The molecule has 1 aliphatic rings. The Morgan fingerprint density at radius 2 is 2.14 bits per heavy atom. The van der Waals surface area contributed by atoms with Crippen molar-refractivity contribution in [1.29, 1.82) is 0 Å². The molecule has 6 heteroatoms. The normalized spacial score (nSPS) is 18.3. The lowest BCUT2D eigenvalue weighted by atomic mass is 9.89. The second kappa shape index (κ2) is 5.19. The van der Waals surface area contributed by atoms with E-state index in [0.29, 0.717) is 17.6 Å². The predicted molar refractivity (Wildman–Crippen MR) is 88.7 cm³/mol. The summed E-state index contributed by atoms with van der Waals surface area (Å²) in [6.07, 6.45) is 3.26. The zero-order chi connectivity index (χ0) is 16.1. The van der Waals surface area contributed by atoms with E-state index in [-0.39, 0.29) is 0 Å². The number of anilines is 1. The smallest absolute Gasteiger partial charge is 0.328 e. The Labute approximate surface area is 133 Å². The van der Waals surface area contributed by atoms with Crippen LogP contribution in [0.3, 0.4) is 0 Å². The van der Waals surface area contributed by atoms with E-state index in [1.54, 1.807) is 25.2 Å². The van der Waals surface area contributed by atoms with Gasteiger partial charge in [-0.15, -0.1) is 11.3 Å². The van der Waals surface area contributed by atoms with Crippen LogP contribution in [0.15, 0.2) is 0 Å². The summed E-state index contributed by atoms with van der Waals surface area (Å²) in [4.78, 5) is 22.8. The number of aryl methyl sites for hydroxylation is 2. The number of nitrogens with zero attached hydrogens (tertiary/aromatic N) is 2. The van der Waals surface area contributed by atoms with E-state index in [2.05, 4.69) is 22.2 Å². The van der Waals surface area contributed by atoms with Gasteiger partial charge in [-0.3, -0.25) is 0 Å². The molecule has 0 bridgehead atoms. The van der Waals surface area contributed by atoms with Crippen molar-refractivity contribution in [2.45, 2.75) is 52.5 Å². The molecule has 2 aromatic heterocycles. The molecular formula is C16H21N3O2S. The van der Waals surface area contributed by atoms with Crippen LogP contribution in [0, 0.1) is 12.8 Å². The summed E-state index contributed by atoms with van der Waals surface area (Å²) in [6, 6.07) is 0. The number of carboxylic acids is 1. The predicted octanol–water partition coefficient (Wildman–Crippen LogP) is 3.40. The third-order valence-corrected chi connectivity index (χ3v) is 5.38. The molecule has 5 nitrogen and oxygen atoms in total. The number of hydrogen-bond donors (Lipinski definition) is 2. The third-order valence-electron chi connectivity index (χ3n) is 4.23. The van der Waals surface area contributed by atoms with E-state index in [9.17, 15) is 9.90 Å². The number of carbonyl (C=O) groups is 1. The van der Waals surface area contributed by atoms with Crippen LogP contribution < -0.4 is 5.32 Å². The van der Waals surface area contributed by atoms with Crippen molar-refractivity contribution in [1.82, 2.24) is 9.97 Å². The van der Waals surface area contributed by atoms with Crippen molar-refractivity contribution in [3.8, 4) is 0 Å². The minimum absolute atomic E-state index is 0.655. The zero-order valence-corrected chi connectivity index (χ0v) is 14.2. The van der Waals surface area contributed by atoms with Gasteiger partial charge in [0.25, 0.3) is 0 Å². The molecule has 22 heavy (non-hydrogen) atoms. The Kier molecular flexibility index (Phi) is 3.59. The molecule has 0 aliphatic heterocycles. The van der Waals surface area contributed by atoms with Crippen LogP contribution in [-0.2, 0) is 17.6 Å². The Hall–Kier alpha value is -1.69. The maximum Gasteiger partial charge on any atom is 0.328 e. The van der Waals surface area contributed by atoms with Gasteiger partial charge in [0.2, 0.25) is 0 Å². The topological polar surface area (TPSA) is 75.1 Å². The first-order valence-corrected chi connectivity index (χ1v) is 8.40. The van der Waals surface area contributed by atoms with Crippen LogP contribution in [0.25, 0.3) is 10.2 Å². The van der Waals surface area contributed by atoms with E-state index >= 15 is 0 Å². The van der Waals surface area contributed by atoms with Crippen LogP contribution in [-0.4, -0.2) is 26.6 Å². The van der Waals surface area contributed by atoms with E-state index in [4.69, 9.17) is 0 Å². The molecule has 0 fully saturated rings. The van der Waals surface area contributed by atoms with E-state index in [0.717, 1.165) is 29.5 Å². The van der Waals surface area contributed by atoms with Crippen LogP contribution >= 0.6 is 11.3 Å². The third kappa shape index (κ3) is 2.56. The summed E-state index contributed by atoms with van der Waals surface area (Å²) >= 11 is 1.73. The summed E-state index contributed by atoms with van der Waals surface area (Å²) in [5.74, 6) is 1.13. The molecule has 1 aliphatic carbocycles. The van der Waals surface area contributed by atoms with E-state index < -0.39 is 11.5 Å². The number of thiophene rings is 1. The molecule has 0 spiro atoms. The Morgan fingerprint density at radius 3 is 2.82 bits per heavy atom. The lowest BCUT2D eigenvalue weighted by molar-refractivity contribution is -0.141. The van der Waals surface area contributed by atoms with E-state index in [1.165, 1.54) is 10.4 Å². The highest BCUT2D eigenvalue weighted by Gasteiger charge is 2.30. The summed E-state index contributed by atoms with van der Waals surface area (Å²) < 4.78 is 0. The van der Waals surface area contributed by atoms with Gasteiger partial charge in [-0.1, -0.05) is 6.92 Å². The maximum absolute atomic E-state index is 11.4. The second-order valence-corrected chi connectivity index (χ2v) is 7.79. The fourth-order valence-corrected chi connectivity index (χ4v) is 4.32. The zero-order valence-electron chi connectivity index (χ0n) is 13.4. The minimum Gasteiger partial charge on any atom is -0.480 e. The van der Waals surface area contributed by atoms with Crippen molar-refractivity contribution in [2.24, 2.45) is 5.92 Å². The molecule has 0 radical (unpaired) electrons. The monoisotopic (exact) mass is 319 g/mol. The van der Waals surface area contributed by atoms with Gasteiger partial charge in [-0.2, -0.15) is 0 Å². The first-order chi connectivity index (χ1) is 10.3. The summed E-state index contributed by atoms with van der Waals surface area (Å²) in [5.41, 5.74) is 0.242. The van der Waals surface area contributed by atoms with Gasteiger partial charge in [0.1, 0.15) is 22.0 Å². The summed E-state index contributed by atoms with van der Waals surface area (Å²) in [6.45, 7) is 7.43. The maximum atomic E-state index is 11.4. The average Bonchev–Trinajstić information content (AvgIpc) is 2.74. The molecule has 2 aromatic rings. The largest absolute Gasteiger partial charge is 0.480 e. The number of rotatable bonds is 3. The first-order valence-electron chi connectivity index (χ1n) is 7.58. The molecule has 0 amide bonds. The summed E-state index contributed by atoms with van der Waals surface area (Å²) in [5, 5.41) is 13.5. The number of hydrogen-bond acceptors (Lipinski definition) is 5. The van der Waals surface area contributed by atoms with Crippen molar-refractivity contribution < 1.29 is 9.90 Å². The average molecular weight is 319 g/mol. The Morgan fingerprint density at radius 1 is 1.41 bits per heavy atom. The Balaban J connectivity index is 2.15. The lowest BCUT2D eigenvalue weighted by Crippen LogP contribution is -2.40. The van der Waals surface area contributed by atoms with Gasteiger partial charge in [0.05, 0.1) is 5.39 Å². The van der Waals surface area contributed by atoms with Crippen LogP contribution in [0.2, 0.25) is 0 Å². The van der Waals surface area contributed by atoms with Crippen LogP contribution in [0.5, 0.6) is 0 Å². The molecule has 2 N–H and O–H groups in total. The standard InChI is InChI=1S/C16H21N3O2S/c1-8-5-6-10-11(7-8)22-14-12(10)13(17-9(2)18-14)19-16(3,4)15(20)21/h8H,5-7H2,1-4H3,(H,20,21)(H,17,18,19). The number of aliphatic carboxylic acids is 1. The van der Waals surface area contributed by atoms with Gasteiger partial charge in [-0.05, 0) is 51.5 Å². The lowest BCUT2D eigenvalue weighted by Gasteiger charge is -2.23. The van der Waals surface area contributed by atoms with Crippen LogP contribution in [0.1, 0.15) is 43.5 Å². The van der Waals surface area contributed by atoms with Gasteiger partial charge < -0.3 is 10.4 Å². The molecule has 0 saturated heterocycles. The number of nitrogens with one attached hydrogen (secondary N) is 1. The molecule has 2 heterocycles. The molecule has 1 unspecified atom stereocenters. The molecule has 0 aromatic carbocycles. The number of carboxylic acid groups (broad SMARTS) is 1. The van der Waals surface area contributed by atoms with Crippen molar-refractivity contribution in [3.05, 3.63) is 16.3 Å². The second-order valence-electron chi connectivity index (χ2n) is 6.71. The highest BCUT2D eigenvalue weighted by molar-refractivity contribution is 7.19. The number of fused-ring (bicyclic) bond motifs is 3. The SMILES string of the molecule is Cc1nc(NC(C)(C)C(=O)O)c2c3c(sc2n1)CC(C)CC3. The highest BCUT2D eigenvalue weighted by atomic mass is 32.1. The minimum atomic E-state index is -1.06. The van der Waals surface area contributed by atoms with Gasteiger partial charge >= 0.3 is 5.97 Å². The summed E-state index contributed by atoms with van der Waals surface area (Å²) in [7, 11) is 0. The first kappa shape index (κ1) is 15.2.